The standard InChI is InChI=1S/C18H15ClN4O4/c1-12-9-20-22(10-12)11-18(24)21-14-6-15(23(25)26)8-17(7-14)27-16-4-2-13(19)3-5-16/h2-10H,11H2,1H3,(H,21,24). The molecule has 27 heavy (non-hydrogen) atoms. The number of ether oxygens (including phenoxy) is 1. The molecule has 0 saturated carbocycles. The van der Waals surface area contributed by atoms with Crippen molar-refractivity contribution in [2.75, 3.05) is 5.32 Å². The Morgan fingerprint density at radius 3 is 2.63 bits per heavy atom. The molecule has 1 aromatic heterocycles. The van der Waals surface area contributed by atoms with Gasteiger partial charge in [-0.15, -0.1) is 0 Å². The van der Waals surface area contributed by atoms with Crippen molar-refractivity contribution in [2.45, 2.75) is 13.5 Å². The summed E-state index contributed by atoms with van der Waals surface area (Å²) in [6, 6.07) is 10.6. The maximum Gasteiger partial charge on any atom is 0.275 e. The summed E-state index contributed by atoms with van der Waals surface area (Å²) in [6.45, 7) is 1.85. The fourth-order valence-electron chi connectivity index (χ4n) is 2.36. The first-order chi connectivity index (χ1) is 12.9. The average Bonchev–Trinajstić information content (AvgIpc) is 3.01. The minimum Gasteiger partial charge on any atom is -0.457 e. The number of nitro groups is 1. The van der Waals surface area contributed by atoms with E-state index in [4.69, 9.17) is 16.3 Å². The van der Waals surface area contributed by atoms with Crippen molar-refractivity contribution >= 4 is 28.9 Å². The van der Waals surface area contributed by atoms with E-state index in [2.05, 4.69) is 10.4 Å². The molecule has 0 aliphatic carbocycles. The lowest BCUT2D eigenvalue weighted by Crippen LogP contribution is -2.19. The number of nitrogens with zero attached hydrogens (tertiary/aromatic N) is 3. The van der Waals surface area contributed by atoms with Crippen LogP contribution in [0.4, 0.5) is 11.4 Å². The highest BCUT2D eigenvalue weighted by atomic mass is 35.5. The van der Waals surface area contributed by atoms with Crippen LogP contribution in [0.1, 0.15) is 5.56 Å². The average molecular weight is 387 g/mol. The van der Waals surface area contributed by atoms with Crippen LogP contribution in [0.25, 0.3) is 0 Å². The molecule has 0 unspecified atom stereocenters. The van der Waals surface area contributed by atoms with Crippen LogP contribution in [0.2, 0.25) is 5.02 Å². The Kier molecular flexibility index (Phi) is 5.37. The second-order valence-electron chi connectivity index (χ2n) is 5.79. The van der Waals surface area contributed by atoms with Gasteiger partial charge in [-0.3, -0.25) is 19.6 Å². The molecule has 0 aliphatic heterocycles. The highest BCUT2D eigenvalue weighted by Gasteiger charge is 2.13. The van der Waals surface area contributed by atoms with E-state index in [1.165, 1.54) is 22.9 Å². The van der Waals surface area contributed by atoms with Crippen molar-refractivity contribution in [3.8, 4) is 11.5 Å². The van der Waals surface area contributed by atoms with Gasteiger partial charge in [0.05, 0.1) is 22.9 Å². The number of benzene rings is 2. The maximum atomic E-state index is 12.2. The van der Waals surface area contributed by atoms with Crippen LogP contribution in [0, 0.1) is 17.0 Å². The van der Waals surface area contributed by atoms with E-state index in [9.17, 15) is 14.9 Å². The SMILES string of the molecule is Cc1cnn(CC(=O)Nc2cc(Oc3ccc(Cl)cc3)cc([N+](=O)[O-])c2)c1. The van der Waals surface area contributed by atoms with Crippen LogP contribution in [0.3, 0.4) is 0 Å². The molecule has 8 nitrogen and oxygen atoms in total. The van der Waals surface area contributed by atoms with Gasteiger partial charge >= 0.3 is 0 Å². The van der Waals surface area contributed by atoms with Gasteiger partial charge in [0.25, 0.3) is 5.69 Å². The molecule has 0 fully saturated rings. The first kappa shape index (κ1) is 18.4. The Balaban J connectivity index is 1.79. The molecule has 3 aromatic rings. The second-order valence-corrected chi connectivity index (χ2v) is 6.23. The van der Waals surface area contributed by atoms with Crippen LogP contribution in [-0.4, -0.2) is 20.6 Å². The number of rotatable bonds is 6. The van der Waals surface area contributed by atoms with E-state index in [-0.39, 0.29) is 29.6 Å². The molecule has 138 valence electrons. The van der Waals surface area contributed by atoms with Gasteiger partial charge in [-0.1, -0.05) is 11.6 Å². The van der Waals surface area contributed by atoms with Crippen LogP contribution in [-0.2, 0) is 11.3 Å². The fraction of sp³-hybridized carbons (Fsp3) is 0.111. The Morgan fingerprint density at radius 2 is 2.00 bits per heavy atom. The van der Waals surface area contributed by atoms with Crippen molar-refractivity contribution in [1.82, 2.24) is 9.78 Å². The largest absolute Gasteiger partial charge is 0.457 e. The zero-order chi connectivity index (χ0) is 19.4. The summed E-state index contributed by atoms with van der Waals surface area (Å²) in [5.41, 5.74) is 0.977. The molecule has 0 saturated heterocycles. The number of aromatic nitrogens is 2. The second kappa shape index (κ2) is 7.88. The van der Waals surface area contributed by atoms with E-state index >= 15 is 0 Å². The number of amides is 1. The first-order valence-corrected chi connectivity index (χ1v) is 8.29. The van der Waals surface area contributed by atoms with Gasteiger partial charge in [-0.2, -0.15) is 5.10 Å². The fourth-order valence-corrected chi connectivity index (χ4v) is 2.49. The Morgan fingerprint density at radius 1 is 1.26 bits per heavy atom. The third kappa shape index (κ3) is 5.05. The van der Waals surface area contributed by atoms with E-state index in [1.54, 1.807) is 36.7 Å². The molecule has 0 aliphatic rings. The molecule has 1 amide bonds. The van der Waals surface area contributed by atoms with Crippen molar-refractivity contribution in [1.29, 1.82) is 0 Å². The highest BCUT2D eigenvalue weighted by molar-refractivity contribution is 6.30. The summed E-state index contributed by atoms with van der Waals surface area (Å²) in [6.07, 6.45) is 3.36. The van der Waals surface area contributed by atoms with Gasteiger partial charge in [0.1, 0.15) is 18.0 Å². The lowest BCUT2D eigenvalue weighted by atomic mass is 10.2. The van der Waals surface area contributed by atoms with Crippen molar-refractivity contribution < 1.29 is 14.5 Å². The minimum absolute atomic E-state index is 0.0100. The normalized spacial score (nSPS) is 10.4. The Bertz CT molecular complexity index is 985. The van der Waals surface area contributed by atoms with E-state index in [0.29, 0.717) is 10.8 Å². The van der Waals surface area contributed by atoms with Gasteiger partial charge in [0, 0.05) is 23.4 Å². The molecular formula is C18H15ClN4O4. The number of hydrogen-bond acceptors (Lipinski definition) is 5. The number of nitro benzene ring substituents is 1. The van der Waals surface area contributed by atoms with Crippen LogP contribution >= 0.6 is 11.6 Å². The lowest BCUT2D eigenvalue weighted by Gasteiger charge is -2.10. The monoisotopic (exact) mass is 386 g/mol. The molecule has 2 aromatic carbocycles. The summed E-state index contributed by atoms with van der Waals surface area (Å²) in [5.74, 6) is 0.317. The molecular weight excluding hydrogens is 372 g/mol. The topological polar surface area (TPSA) is 99.3 Å². The molecule has 1 heterocycles. The molecule has 0 bridgehead atoms. The van der Waals surface area contributed by atoms with Gasteiger partial charge in [0.15, 0.2) is 0 Å². The zero-order valence-electron chi connectivity index (χ0n) is 14.3. The smallest absolute Gasteiger partial charge is 0.275 e. The number of non-ortho nitro benzene ring substituents is 1. The number of hydrogen-bond donors (Lipinski definition) is 1. The molecule has 0 radical (unpaired) electrons. The van der Waals surface area contributed by atoms with Crippen LogP contribution in [0.15, 0.2) is 54.9 Å². The number of carbonyl (C=O) groups is 1. The summed E-state index contributed by atoms with van der Waals surface area (Å²) in [5, 5.41) is 18.4. The molecule has 0 spiro atoms. The number of carbonyl (C=O) groups excluding carboxylic acids is 1. The summed E-state index contributed by atoms with van der Waals surface area (Å²) < 4.78 is 7.12. The number of aryl methyl sites for hydroxylation is 1. The summed E-state index contributed by atoms with van der Waals surface area (Å²) in [7, 11) is 0. The molecule has 0 atom stereocenters. The molecule has 3 rings (SSSR count). The Hall–Kier alpha value is -3.39. The first-order valence-electron chi connectivity index (χ1n) is 7.91. The molecule has 9 heteroatoms. The third-order valence-corrected chi connectivity index (χ3v) is 3.76. The van der Waals surface area contributed by atoms with Crippen molar-refractivity contribution in [3.05, 3.63) is 75.6 Å². The predicted molar refractivity (Wildman–Crippen MR) is 100 cm³/mol. The number of anilines is 1. The van der Waals surface area contributed by atoms with E-state index in [0.717, 1.165) is 5.56 Å². The quantitative estimate of drug-likeness (QED) is 0.506. The van der Waals surface area contributed by atoms with Crippen molar-refractivity contribution in [2.24, 2.45) is 0 Å². The number of nitrogens with one attached hydrogen (secondary N) is 1. The summed E-state index contributed by atoms with van der Waals surface area (Å²) >= 11 is 5.83. The summed E-state index contributed by atoms with van der Waals surface area (Å²) in [4.78, 5) is 22.8. The predicted octanol–water partition coefficient (Wildman–Crippen LogP) is 4.18. The molecule has 1 N–H and O–H groups in total. The number of halogens is 1. The zero-order valence-corrected chi connectivity index (χ0v) is 15.0. The van der Waals surface area contributed by atoms with E-state index in [1.807, 2.05) is 6.92 Å². The lowest BCUT2D eigenvalue weighted by molar-refractivity contribution is -0.384. The van der Waals surface area contributed by atoms with Crippen LogP contribution < -0.4 is 10.1 Å². The van der Waals surface area contributed by atoms with E-state index < -0.39 is 4.92 Å². The highest BCUT2D eigenvalue weighted by Crippen LogP contribution is 2.30. The van der Waals surface area contributed by atoms with Gasteiger partial charge in [0.2, 0.25) is 5.91 Å². The Labute approximate surface area is 159 Å². The van der Waals surface area contributed by atoms with Crippen molar-refractivity contribution in [3.63, 3.8) is 0 Å². The third-order valence-electron chi connectivity index (χ3n) is 3.50. The van der Waals surface area contributed by atoms with Gasteiger partial charge in [-0.05, 0) is 36.8 Å². The van der Waals surface area contributed by atoms with Gasteiger partial charge < -0.3 is 10.1 Å². The minimum atomic E-state index is -0.554. The van der Waals surface area contributed by atoms with Gasteiger partial charge in [-0.25, -0.2) is 0 Å². The maximum absolute atomic E-state index is 12.2. The van der Waals surface area contributed by atoms with Crippen LogP contribution in [0.5, 0.6) is 11.5 Å².